The number of fused-ring (bicyclic) bond motifs is 1. The smallest absolute Gasteiger partial charge is 0.340 e. The number of benzene rings is 1. The molecule has 0 saturated carbocycles. The number of nitrogens with zero attached hydrogens (tertiary/aromatic N) is 3. The standard InChI is InChI=1S/C21H16FN3O3.C2H6/c1-12-16-5-4-15(27-21-24-7-3-8-25-21)11-18(16)28-20(26)17(12)10-14-6-9-23-13(2)19(14)22;1-2/h3-9,11H,10H2,1-2H3;1-2H3. The first-order chi connectivity index (χ1) is 14.5. The molecule has 4 aromatic rings. The minimum atomic E-state index is -0.507. The highest BCUT2D eigenvalue weighted by atomic mass is 19.1. The van der Waals surface area contributed by atoms with Crippen molar-refractivity contribution < 1.29 is 13.5 Å². The van der Waals surface area contributed by atoms with E-state index in [-0.39, 0.29) is 12.4 Å². The molecule has 0 spiro atoms. The number of ether oxygens (including phenoxy) is 1. The zero-order valence-electron chi connectivity index (χ0n) is 17.3. The number of rotatable bonds is 4. The van der Waals surface area contributed by atoms with Crippen molar-refractivity contribution in [1.82, 2.24) is 15.0 Å². The molecule has 0 radical (unpaired) electrons. The number of hydrogen-bond donors (Lipinski definition) is 0. The van der Waals surface area contributed by atoms with Crippen molar-refractivity contribution in [2.24, 2.45) is 0 Å². The van der Waals surface area contributed by atoms with E-state index >= 15 is 0 Å². The summed E-state index contributed by atoms with van der Waals surface area (Å²) >= 11 is 0. The van der Waals surface area contributed by atoms with Gasteiger partial charge in [0.05, 0.1) is 5.69 Å². The first kappa shape index (κ1) is 21.1. The van der Waals surface area contributed by atoms with Gasteiger partial charge < -0.3 is 9.15 Å². The number of aromatic nitrogens is 3. The fourth-order valence-corrected chi connectivity index (χ4v) is 3.01. The molecule has 30 heavy (non-hydrogen) atoms. The van der Waals surface area contributed by atoms with Crippen LogP contribution in [0.25, 0.3) is 11.0 Å². The Morgan fingerprint density at radius 1 is 1.03 bits per heavy atom. The van der Waals surface area contributed by atoms with Gasteiger partial charge in [0.25, 0.3) is 0 Å². The van der Waals surface area contributed by atoms with E-state index in [9.17, 15) is 9.18 Å². The molecule has 0 N–H and O–H groups in total. The molecular formula is C23H22FN3O3. The molecule has 1 aromatic carbocycles. The quantitative estimate of drug-likeness (QED) is 0.436. The predicted octanol–water partition coefficient (Wildman–Crippen LogP) is 5.14. The van der Waals surface area contributed by atoms with Gasteiger partial charge in [-0.3, -0.25) is 4.98 Å². The monoisotopic (exact) mass is 407 g/mol. The van der Waals surface area contributed by atoms with Gasteiger partial charge in [-0.15, -0.1) is 0 Å². The normalized spacial score (nSPS) is 10.4. The lowest BCUT2D eigenvalue weighted by atomic mass is 9.99. The lowest BCUT2D eigenvalue weighted by molar-refractivity contribution is 0.440. The van der Waals surface area contributed by atoms with Crippen molar-refractivity contribution in [3.63, 3.8) is 0 Å². The highest BCUT2D eigenvalue weighted by Gasteiger charge is 2.16. The van der Waals surface area contributed by atoms with E-state index in [2.05, 4.69) is 15.0 Å². The summed E-state index contributed by atoms with van der Waals surface area (Å²) in [7, 11) is 0. The van der Waals surface area contributed by atoms with Crippen LogP contribution in [0.5, 0.6) is 11.8 Å². The van der Waals surface area contributed by atoms with Crippen molar-refractivity contribution in [3.05, 3.63) is 87.5 Å². The van der Waals surface area contributed by atoms with Gasteiger partial charge in [0.1, 0.15) is 17.1 Å². The van der Waals surface area contributed by atoms with Crippen LogP contribution < -0.4 is 10.4 Å². The molecule has 0 bridgehead atoms. The van der Waals surface area contributed by atoms with Crippen LogP contribution in [0.15, 0.2) is 58.1 Å². The van der Waals surface area contributed by atoms with Crippen LogP contribution in [0.3, 0.4) is 0 Å². The molecule has 7 heteroatoms. The summed E-state index contributed by atoms with van der Waals surface area (Å²) in [6.45, 7) is 7.41. The molecule has 0 aliphatic heterocycles. The zero-order valence-corrected chi connectivity index (χ0v) is 17.3. The summed E-state index contributed by atoms with van der Waals surface area (Å²) in [6.07, 6.45) is 4.80. The maximum atomic E-state index is 14.3. The Labute approximate surface area is 173 Å². The third kappa shape index (κ3) is 4.35. The molecule has 0 aliphatic carbocycles. The third-order valence-electron chi connectivity index (χ3n) is 4.52. The molecule has 0 aliphatic rings. The molecule has 4 rings (SSSR count). The van der Waals surface area contributed by atoms with Crippen LogP contribution in [-0.2, 0) is 6.42 Å². The van der Waals surface area contributed by atoms with Crippen LogP contribution in [-0.4, -0.2) is 15.0 Å². The Morgan fingerprint density at radius 3 is 2.50 bits per heavy atom. The first-order valence-corrected chi connectivity index (χ1v) is 9.64. The third-order valence-corrected chi connectivity index (χ3v) is 4.52. The number of halogens is 1. The Bertz CT molecular complexity index is 1220. The average molecular weight is 407 g/mol. The minimum absolute atomic E-state index is 0.134. The minimum Gasteiger partial charge on any atom is -0.424 e. The van der Waals surface area contributed by atoms with Gasteiger partial charge >= 0.3 is 11.6 Å². The zero-order chi connectivity index (χ0) is 21.7. The second kappa shape index (κ2) is 9.26. The lowest BCUT2D eigenvalue weighted by Crippen LogP contribution is -2.12. The van der Waals surface area contributed by atoms with Crippen LogP contribution in [0.2, 0.25) is 0 Å². The van der Waals surface area contributed by atoms with E-state index in [1.165, 1.54) is 6.20 Å². The molecule has 3 aromatic heterocycles. The van der Waals surface area contributed by atoms with Crippen molar-refractivity contribution >= 4 is 11.0 Å². The van der Waals surface area contributed by atoms with Gasteiger partial charge in [0.2, 0.25) is 0 Å². The predicted molar refractivity (Wildman–Crippen MR) is 112 cm³/mol. The SMILES string of the molecule is CC.Cc1nccc(Cc2c(C)c3ccc(Oc4ncccn4)cc3oc2=O)c1F. The summed E-state index contributed by atoms with van der Waals surface area (Å²) in [5.74, 6) is 0.0396. The highest BCUT2D eigenvalue weighted by Crippen LogP contribution is 2.27. The van der Waals surface area contributed by atoms with E-state index in [4.69, 9.17) is 9.15 Å². The maximum absolute atomic E-state index is 14.3. The summed E-state index contributed by atoms with van der Waals surface area (Å²) < 4.78 is 25.4. The average Bonchev–Trinajstić information content (AvgIpc) is 2.76. The van der Waals surface area contributed by atoms with Crippen molar-refractivity contribution in [3.8, 4) is 11.8 Å². The van der Waals surface area contributed by atoms with Crippen LogP contribution in [0.1, 0.15) is 36.2 Å². The summed E-state index contributed by atoms with van der Waals surface area (Å²) in [5.41, 5.74) is 1.73. The van der Waals surface area contributed by atoms with Crippen LogP contribution >= 0.6 is 0 Å². The second-order valence-electron chi connectivity index (χ2n) is 6.33. The molecule has 154 valence electrons. The Balaban J connectivity index is 0.00000124. The van der Waals surface area contributed by atoms with E-state index in [0.717, 1.165) is 10.9 Å². The van der Waals surface area contributed by atoms with Crippen molar-refractivity contribution in [2.45, 2.75) is 34.1 Å². The van der Waals surface area contributed by atoms with Gasteiger partial charge in [-0.2, -0.15) is 0 Å². The molecule has 0 atom stereocenters. The van der Waals surface area contributed by atoms with Crippen molar-refractivity contribution in [1.29, 1.82) is 0 Å². The topological polar surface area (TPSA) is 78.1 Å². The van der Waals surface area contributed by atoms with Gasteiger partial charge in [0, 0.05) is 42.0 Å². The highest BCUT2D eigenvalue weighted by molar-refractivity contribution is 5.82. The molecular weight excluding hydrogens is 385 g/mol. The van der Waals surface area contributed by atoms with E-state index in [1.54, 1.807) is 49.6 Å². The summed E-state index contributed by atoms with van der Waals surface area (Å²) in [5, 5.41) is 0.752. The Kier molecular flexibility index (Phi) is 6.51. The fourth-order valence-electron chi connectivity index (χ4n) is 3.01. The summed E-state index contributed by atoms with van der Waals surface area (Å²) in [6, 6.07) is 8.60. The van der Waals surface area contributed by atoms with Gasteiger partial charge in [-0.1, -0.05) is 13.8 Å². The number of hydrogen-bond acceptors (Lipinski definition) is 6. The van der Waals surface area contributed by atoms with Gasteiger partial charge in [-0.25, -0.2) is 19.2 Å². The molecule has 3 heterocycles. The number of aryl methyl sites for hydroxylation is 2. The Morgan fingerprint density at radius 2 is 1.77 bits per heavy atom. The molecule has 0 unspecified atom stereocenters. The first-order valence-electron chi connectivity index (χ1n) is 9.64. The summed E-state index contributed by atoms with van der Waals surface area (Å²) in [4.78, 5) is 24.5. The molecule has 0 amide bonds. The molecule has 6 nitrogen and oxygen atoms in total. The van der Waals surface area contributed by atoms with Crippen LogP contribution in [0, 0.1) is 19.7 Å². The van der Waals surface area contributed by atoms with Gasteiger partial charge in [0.15, 0.2) is 0 Å². The largest absolute Gasteiger partial charge is 0.424 e. The fraction of sp³-hybridized carbons (Fsp3) is 0.217. The Hall–Kier alpha value is -3.61. The van der Waals surface area contributed by atoms with Crippen LogP contribution in [0.4, 0.5) is 4.39 Å². The molecule has 0 saturated heterocycles. The maximum Gasteiger partial charge on any atom is 0.340 e. The molecule has 0 fully saturated rings. The van der Waals surface area contributed by atoms with E-state index in [0.29, 0.717) is 28.2 Å². The van der Waals surface area contributed by atoms with Crippen molar-refractivity contribution in [2.75, 3.05) is 0 Å². The number of pyridine rings is 1. The van der Waals surface area contributed by atoms with E-state index in [1.807, 2.05) is 20.8 Å². The lowest BCUT2D eigenvalue weighted by Gasteiger charge is -2.10. The van der Waals surface area contributed by atoms with Gasteiger partial charge in [-0.05, 0) is 49.2 Å². The van der Waals surface area contributed by atoms with E-state index < -0.39 is 11.4 Å². The second-order valence-corrected chi connectivity index (χ2v) is 6.33.